The van der Waals surface area contributed by atoms with Gasteiger partial charge in [-0.1, -0.05) is 36.4 Å². The third kappa shape index (κ3) is 5.87. The van der Waals surface area contributed by atoms with Gasteiger partial charge in [0.05, 0.1) is 18.0 Å². The van der Waals surface area contributed by atoms with Gasteiger partial charge in [0.1, 0.15) is 5.75 Å². The van der Waals surface area contributed by atoms with Crippen molar-refractivity contribution < 1.29 is 17.9 Å². The van der Waals surface area contributed by atoms with Gasteiger partial charge in [0.2, 0.25) is 0 Å². The Labute approximate surface area is 189 Å². The largest absolute Gasteiger partial charge is 0.497 e. The number of methoxy groups -OCH3 is 1. The molecule has 7 nitrogen and oxygen atoms in total. The lowest BCUT2D eigenvalue weighted by Gasteiger charge is -2.25. The van der Waals surface area contributed by atoms with Crippen LogP contribution in [0.1, 0.15) is 22.0 Å². The highest BCUT2D eigenvalue weighted by molar-refractivity contribution is 7.92. The van der Waals surface area contributed by atoms with Gasteiger partial charge in [-0.25, -0.2) is 8.42 Å². The second-order valence-corrected chi connectivity index (χ2v) is 9.14. The number of nitrogens with one attached hydrogen (secondary N) is 2. The molecule has 0 saturated heterocycles. The molecule has 0 spiro atoms. The third-order valence-electron chi connectivity index (χ3n) is 5.01. The van der Waals surface area contributed by atoms with Crippen LogP contribution in [0.2, 0.25) is 0 Å². The van der Waals surface area contributed by atoms with E-state index in [9.17, 15) is 13.2 Å². The zero-order chi connectivity index (χ0) is 23.1. The summed E-state index contributed by atoms with van der Waals surface area (Å²) in [5, 5.41) is 2.91. The molecule has 0 fully saturated rings. The molecule has 3 aromatic carbocycles. The lowest BCUT2D eigenvalue weighted by atomic mass is 10.1. The highest BCUT2D eigenvalue weighted by Gasteiger charge is 2.19. The van der Waals surface area contributed by atoms with E-state index in [0.29, 0.717) is 18.0 Å². The van der Waals surface area contributed by atoms with Crippen molar-refractivity contribution in [2.75, 3.05) is 32.5 Å². The van der Waals surface area contributed by atoms with E-state index >= 15 is 0 Å². The molecule has 0 heterocycles. The quantitative estimate of drug-likeness (QED) is 0.518. The topological polar surface area (TPSA) is 87.7 Å². The summed E-state index contributed by atoms with van der Waals surface area (Å²) in [4.78, 5) is 14.8. The number of benzene rings is 3. The Morgan fingerprint density at radius 1 is 0.969 bits per heavy atom. The van der Waals surface area contributed by atoms with Gasteiger partial charge in [-0.3, -0.25) is 9.52 Å². The normalized spacial score (nSPS) is 12.2. The fraction of sp³-hybridized carbons (Fsp3) is 0.208. The summed E-state index contributed by atoms with van der Waals surface area (Å²) in [5.74, 6) is 0.285. The van der Waals surface area contributed by atoms with Gasteiger partial charge in [0, 0.05) is 17.8 Å². The van der Waals surface area contributed by atoms with Crippen molar-refractivity contribution in [3.8, 4) is 5.75 Å². The standard InChI is InChI=1S/C24H27N3O4S/c1-27(2)23(18-8-5-4-6-9-18)17-25-24(28)19-10-7-11-22(16-19)32(29,30)26-20-12-14-21(31-3)15-13-20/h4-16,23,26H,17H2,1-3H3,(H,25,28)/t23-/m0/s1. The lowest BCUT2D eigenvalue weighted by molar-refractivity contribution is 0.0941. The predicted octanol–water partition coefficient (Wildman–Crippen LogP) is 3.53. The average Bonchev–Trinajstić information content (AvgIpc) is 2.80. The van der Waals surface area contributed by atoms with Crippen molar-refractivity contribution in [2.45, 2.75) is 10.9 Å². The number of carbonyl (C=O) groups excluding carboxylic acids is 1. The van der Waals surface area contributed by atoms with Gasteiger partial charge >= 0.3 is 0 Å². The molecule has 0 saturated carbocycles. The number of rotatable bonds is 9. The molecule has 0 bridgehead atoms. The summed E-state index contributed by atoms with van der Waals surface area (Å²) in [6.07, 6.45) is 0. The molecular weight excluding hydrogens is 426 g/mol. The van der Waals surface area contributed by atoms with E-state index in [1.54, 1.807) is 36.4 Å². The van der Waals surface area contributed by atoms with E-state index in [-0.39, 0.29) is 22.4 Å². The summed E-state index contributed by atoms with van der Waals surface area (Å²) in [5.41, 5.74) is 1.75. The van der Waals surface area contributed by atoms with Crippen molar-refractivity contribution in [2.24, 2.45) is 0 Å². The number of nitrogens with zero attached hydrogens (tertiary/aromatic N) is 1. The molecule has 0 aliphatic rings. The fourth-order valence-corrected chi connectivity index (χ4v) is 4.35. The first-order valence-corrected chi connectivity index (χ1v) is 11.5. The van der Waals surface area contributed by atoms with Crippen molar-refractivity contribution in [3.05, 3.63) is 90.0 Å². The van der Waals surface area contributed by atoms with Crippen LogP contribution in [0.4, 0.5) is 5.69 Å². The Morgan fingerprint density at radius 2 is 1.66 bits per heavy atom. The van der Waals surface area contributed by atoms with Crippen molar-refractivity contribution >= 4 is 21.6 Å². The number of carbonyl (C=O) groups is 1. The van der Waals surface area contributed by atoms with E-state index < -0.39 is 10.0 Å². The number of anilines is 1. The smallest absolute Gasteiger partial charge is 0.261 e. The Bertz CT molecular complexity index is 1150. The van der Waals surface area contributed by atoms with Crippen molar-refractivity contribution in [1.82, 2.24) is 10.2 Å². The summed E-state index contributed by atoms with van der Waals surface area (Å²) < 4.78 is 33.2. The molecule has 8 heteroatoms. The zero-order valence-electron chi connectivity index (χ0n) is 18.3. The maximum absolute atomic E-state index is 12.8. The fourth-order valence-electron chi connectivity index (χ4n) is 3.24. The first kappa shape index (κ1) is 23.3. The molecule has 0 radical (unpaired) electrons. The Kier molecular flexibility index (Phi) is 7.50. The number of hydrogen-bond donors (Lipinski definition) is 2. The number of hydrogen-bond acceptors (Lipinski definition) is 5. The van der Waals surface area contributed by atoms with Gasteiger partial charge in [-0.15, -0.1) is 0 Å². The van der Waals surface area contributed by atoms with Crippen LogP contribution < -0.4 is 14.8 Å². The number of ether oxygens (including phenoxy) is 1. The molecule has 1 amide bonds. The van der Waals surface area contributed by atoms with Crippen LogP contribution in [0.25, 0.3) is 0 Å². The molecule has 0 aliphatic heterocycles. The summed E-state index contributed by atoms with van der Waals surface area (Å²) in [6.45, 7) is 0.386. The van der Waals surface area contributed by atoms with Crippen LogP contribution in [-0.2, 0) is 10.0 Å². The van der Waals surface area contributed by atoms with Crippen molar-refractivity contribution in [1.29, 1.82) is 0 Å². The van der Waals surface area contributed by atoms with E-state index in [1.165, 1.54) is 19.2 Å². The predicted molar refractivity (Wildman–Crippen MR) is 125 cm³/mol. The van der Waals surface area contributed by atoms with E-state index in [2.05, 4.69) is 10.0 Å². The van der Waals surface area contributed by atoms with Crippen LogP contribution in [0.3, 0.4) is 0 Å². The highest BCUT2D eigenvalue weighted by atomic mass is 32.2. The van der Waals surface area contributed by atoms with Gasteiger partial charge in [-0.2, -0.15) is 0 Å². The second-order valence-electron chi connectivity index (χ2n) is 7.46. The minimum Gasteiger partial charge on any atom is -0.497 e. The monoisotopic (exact) mass is 453 g/mol. The maximum Gasteiger partial charge on any atom is 0.261 e. The molecular formula is C24H27N3O4S. The van der Waals surface area contributed by atoms with Gasteiger partial charge < -0.3 is 15.0 Å². The molecule has 1 atom stereocenters. The van der Waals surface area contributed by atoms with Gasteiger partial charge in [-0.05, 0) is 62.1 Å². The second kappa shape index (κ2) is 10.3. The van der Waals surface area contributed by atoms with Gasteiger partial charge in [0.15, 0.2) is 0 Å². The van der Waals surface area contributed by atoms with E-state index in [1.807, 2.05) is 49.3 Å². The summed E-state index contributed by atoms with van der Waals surface area (Å²) >= 11 is 0. The van der Waals surface area contributed by atoms with Crippen LogP contribution in [0.5, 0.6) is 5.75 Å². The van der Waals surface area contributed by atoms with Crippen molar-refractivity contribution in [3.63, 3.8) is 0 Å². The average molecular weight is 454 g/mol. The lowest BCUT2D eigenvalue weighted by Crippen LogP contribution is -2.34. The Morgan fingerprint density at radius 3 is 2.28 bits per heavy atom. The molecule has 168 valence electrons. The Balaban J connectivity index is 1.72. The number of sulfonamides is 1. The zero-order valence-corrected chi connectivity index (χ0v) is 19.1. The van der Waals surface area contributed by atoms with Crippen LogP contribution in [0.15, 0.2) is 83.8 Å². The van der Waals surface area contributed by atoms with Crippen LogP contribution >= 0.6 is 0 Å². The maximum atomic E-state index is 12.8. The van der Waals surface area contributed by atoms with E-state index in [4.69, 9.17) is 4.74 Å². The SMILES string of the molecule is COc1ccc(NS(=O)(=O)c2cccc(C(=O)NC[C@@H](c3ccccc3)N(C)C)c2)cc1. The molecule has 2 N–H and O–H groups in total. The minimum absolute atomic E-state index is 0.00758. The van der Waals surface area contributed by atoms with E-state index in [0.717, 1.165) is 5.56 Å². The third-order valence-corrected chi connectivity index (χ3v) is 6.39. The van der Waals surface area contributed by atoms with Crippen LogP contribution in [-0.4, -0.2) is 47.0 Å². The first-order chi connectivity index (χ1) is 15.3. The summed E-state index contributed by atoms with van der Waals surface area (Å²) in [6, 6.07) is 22.4. The highest BCUT2D eigenvalue weighted by Crippen LogP contribution is 2.21. The van der Waals surface area contributed by atoms with Gasteiger partial charge in [0.25, 0.3) is 15.9 Å². The first-order valence-electron chi connectivity index (χ1n) is 10.1. The molecule has 3 aromatic rings. The van der Waals surface area contributed by atoms with Crippen LogP contribution in [0, 0.1) is 0 Å². The molecule has 3 rings (SSSR count). The molecule has 0 unspecified atom stereocenters. The Hall–Kier alpha value is -3.36. The number of amides is 1. The molecule has 32 heavy (non-hydrogen) atoms. The molecule has 0 aromatic heterocycles. The molecule has 0 aliphatic carbocycles. The summed E-state index contributed by atoms with van der Waals surface area (Å²) in [7, 11) is 1.57. The number of likely N-dealkylation sites (N-methyl/N-ethyl adjacent to an activating group) is 1. The minimum atomic E-state index is -3.86.